The first-order valence-electron chi connectivity index (χ1n) is 12.0. The van der Waals surface area contributed by atoms with Gasteiger partial charge in [0.1, 0.15) is 24.2 Å². The van der Waals surface area contributed by atoms with Crippen LogP contribution < -0.4 is 15.2 Å². The van der Waals surface area contributed by atoms with Gasteiger partial charge in [-0.3, -0.25) is 14.4 Å². The highest BCUT2D eigenvalue weighted by Gasteiger charge is 2.36. The number of carboxylic acid groups (broad SMARTS) is 1. The molecule has 0 saturated carbocycles. The second kappa shape index (κ2) is 11.8. The number of fused-ring (bicyclic) bond motifs is 1. The highest BCUT2D eigenvalue weighted by atomic mass is 28.3. The predicted octanol–water partition coefficient (Wildman–Crippen LogP) is 4.33. The molecule has 7 nitrogen and oxygen atoms in total. The maximum atomic E-state index is 14.8. The Morgan fingerprint density at radius 2 is 1.86 bits per heavy atom. The molecule has 2 amide bonds. The van der Waals surface area contributed by atoms with Gasteiger partial charge in [0, 0.05) is 25.1 Å². The van der Waals surface area contributed by atoms with E-state index in [0.29, 0.717) is 22.7 Å². The van der Waals surface area contributed by atoms with E-state index in [0.717, 1.165) is 0 Å². The van der Waals surface area contributed by atoms with Crippen molar-refractivity contribution in [1.82, 2.24) is 4.90 Å². The molecular weight excluding hydrogens is 505 g/mol. The topological polar surface area (TPSA) is 95.9 Å². The normalized spacial score (nSPS) is 15.3. The standard InChI is InChI=1S/C26H31F3N2O5Si/c1-37(2,3)21-10-7-17(14-20(21)27)30-26(35)25-19-9-8-18(36-15-22(28)29)13-16(19)11-12-31(25)23(32)5-4-6-24(33)34/h7-10,13-14,22,25H,4-6,11-12,15H2,1-3H3,(H,30,35)(H,33,34)/t25-/m1/s1. The summed E-state index contributed by atoms with van der Waals surface area (Å²) in [7, 11) is -1.93. The van der Waals surface area contributed by atoms with Gasteiger partial charge in [-0.15, -0.1) is 0 Å². The average Bonchev–Trinajstić information content (AvgIpc) is 2.80. The molecule has 2 aromatic rings. The number of carbonyl (C=O) groups excluding carboxylic acids is 2. The minimum absolute atomic E-state index is 0.0550. The van der Waals surface area contributed by atoms with E-state index in [2.05, 4.69) is 5.32 Å². The minimum atomic E-state index is -2.64. The maximum Gasteiger partial charge on any atom is 0.303 e. The third-order valence-corrected chi connectivity index (χ3v) is 8.13. The molecule has 3 rings (SSSR count). The van der Waals surface area contributed by atoms with Crippen LogP contribution in [0.25, 0.3) is 0 Å². The Hall–Kier alpha value is -3.34. The molecule has 0 fully saturated rings. The number of hydrogen-bond donors (Lipinski definition) is 2. The van der Waals surface area contributed by atoms with Gasteiger partial charge in [0.25, 0.3) is 12.3 Å². The summed E-state index contributed by atoms with van der Waals surface area (Å²) >= 11 is 0. The van der Waals surface area contributed by atoms with Gasteiger partial charge in [-0.2, -0.15) is 0 Å². The quantitative estimate of drug-likeness (QED) is 0.441. The van der Waals surface area contributed by atoms with Crippen molar-refractivity contribution in [2.24, 2.45) is 0 Å². The number of anilines is 1. The molecule has 2 aromatic carbocycles. The molecule has 37 heavy (non-hydrogen) atoms. The molecule has 0 unspecified atom stereocenters. The monoisotopic (exact) mass is 536 g/mol. The Morgan fingerprint density at radius 3 is 2.49 bits per heavy atom. The van der Waals surface area contributed by atoms with Crippen LogP contribution in [-0.2, 0) is 20.8 Å². The van der Waals surface area contributed by atoms with Gasteiger partial charge in [-0.25, -0.2) is 13.2 Å². The number of carboxylic acids is 1. The summed E-state index contributed by atoms with van der Waals surface area (Å²) < 4.78 is 45.0. The molecule has 200 valence electrons. The highest BCUT2D eigenvalue weighted by molar-refractivity contribution is 6.88. The zero-order chi connectivity index (χ0) is 27.3. The molecule has 0 spiro atoms. The van der Waals surface area contributed by atoms with Crippen LogP contribution in [0.3, 0.4) is 0 Å². The van der Waals surface area contributed by atoms with Gasteiger partial charge >= 0.3 is 5.97 Å². The summed E-state index contributed by atoms with van der Waals surface area (Å²) in [6.07, 6.45) is -2.40. The summed E-state index contributed by atoms with van der Waals surface area (Å²) in [6.45, 7) is 5.43. The highest BCUT2D eigenvalue weighted by Crippen LogP contribution is 2.34. The summed E-state index contributed by atoms with van der Waals surface area (Å²) in [5.41, 5.74) is 1.41. The second-order valence-corrected chi connectivity index (χ2v) is 15.0. The van der Waals surface area contributed by atoms with Gasteiger partial charge in [0.2, 0.25) is 5.91 Å². The molecule has 0 saturated heterocycles. The summed E-state index contributed by atoms with van der Waals surface area (Å²) in [6, 6.07) is 8.08. The van der Waals surface area contributed by atoms with Crippen molar-refractivity contribution < 1.29 is 37.4 Å². The molecule has 1 aliphatic rings. The zero-order valence-corrected chi connectivity index (χ0v) is 22.0. The van der Waals surface area contributed by atoms with Crippen molar-refractivity contribution in [3.63, 3.8) is 0 Å². The zero-order valence-electron chi connectivity index (χ0n) is 21.0. The van der Waals surface area contributed by atoms with Crippen LogP contribution in [0, 0.1) is 5.82 Å². The van der Waals surface area contributed by atoms with Gasteiger partial charge in [-0.1, -0.05) is 31.8 Å². The van der Waals surface area contributed by atoms with E-state index in [9.17, 15) is 27.6 Å². The van der Waals surface area contributed by atoms with Crippen molar-refractivity contribution in [2.75, 3.05) is 18.5 Å². The number of alkyl halides is 2. The lowest BCUT2D eigenvalue weighted by molar-refractivity contribution is -0.140. The summed E-state index contributed by atoms with van der Waals surface area (Å²) in [5, 5.41) is 12.2. The van der Waals surface area contributed by atoms with Crippen molar-refractivity contribution in [3.8, 4) is 5.75 Å². The Labute approximate surface area is 214 Å². The van der Waals surface area contributed by atoms with Gasteiger partial charge in [0.05, 0.1) is 8.07 Å². The van der Waals surface area contributed by atoms with Crippen molar-refractivity contribution in [2.45, 2.75) is 57.8 Å². The van der Waals surface area contributed by atoms with E-state index < -0.39 is 44.8 Å². The number of nitrogens with zero attached hydrogens (tertiary/aromatic N) is 1. The lowest BCUT2D eigenvalue weighted by Gasteiger charge is -2.36. The van der Waals surface area contributed by atoms with Gasteiger partial charge in [0.15, 0.2) is 0 Å². The van der Waals surface area contributed by atoms with Crippen molar-refractivity contribution in [1.29, 1.82) is 0 Å². The number of benzene rings is 2. The number of aliphatic carboxylic acids is 1. The first-order chi connectivity index (χ1) is 17.4. The van der Waals surface area contributed by atoms with Crippen LogP contribution in [0.4, 0.5) is 18.9 Å². The third-order valence-electron chi connectivity index (χ3n) is 6.11. The molecule has 1 atom stereocenters. The molecule has 0 bridgehead atoms. The fraction of sp³-hybridized carbons (Fsp3) is 0.423. The molecule has 0 aromatic heterocycles. The SMILES string of the molecule is C[Si](C)(C)c1ccc(NC(=O)[C@H]2c3ccc(OCC(F)F)cc3CCN2C(=O)CCCC(=O)O)cc1F. The first-order valence-corrected chi connectivity index (χ1v) is 15.5. The Kier molecular flexibility index (Phi) is 9.01. The molecule has 0 radical (unpaired) electrons. The van der Waals surface area contributed by atoms with Crippen molar-refractivity contribution >= 4 is 36.7 Å². The van der Waals surface area contributed by atoms with Crippen LogP contribution in [0.5, 0.6) is 5.75 Å². The second-order valence-electron chi connectivity index (χ2n) is 9.98. The van der Waals surface area contributed by atoms with E-state index in [1.165, 1.54) is 17.0 Å². The third kappa shape index (κ3) is 7.34. The molecular formula is C26H31F3N2O5Si. The molecule has 1 heterocycles. The number of ether oxygens (including phenoxy) is 1. The van der Waals surface area contributed by atoms with Gasteiger partial charge < -0.3 is 20.1 Å². The summed E-state index contributed by atoms with van der Waals surface area (Å²) in [5.74, 6) is -2.16. The Morgan fingerprint density at radius 1 is 1.14 bits per heavy atom. The van der Waals surface area contributed by atoms with E-state index in [4.69, 9.17) is 9.84 Å². The molecule has 11 heteroatoms. The number of nitrogens with one attached hydrogen (secondary N) is 1. The van der Waals surface area contributed by atoms with E-state index in [1.807, 2.05) is 19.6 Å². The van der Waals surface area contributed by atoms with E-state index >= 15 is 0 Å². The smallest absolute Gasteiger partial charge is 0.303 e. The lowest BCUT2D eigenvalue weighted by atomic mass is 9.91. The Bertz CT molecular complexity index is 1170. The van der Waals surface area contributed by atoms with Crippen LogP contribution in [-0.4, -0.2) is 55.4 Å². The van der Waals surface area contributed by atoms with E-state index in [-0.39, 0.29) is 43.2 Å². The largest absolute Gasteiger partial charge is 0.488 e. The summed E-state index contributed by atoms with van der Waals surface area (Å²) in [4.78, 5) is 38.7. The number of rotatable bonds is 10. The predicted molar refractivity (Wildman–Crippen MR) is 136 cm³/mol. The average molecular weight is 537 g/mol. The number of hydrogen-bond acceptors (Lipinski definition) is 4. The lowest BCUT2D eigenvalue weighted by Crippen LogP contribution is -2.45. The van der Waals surface area contributed by atoms with Crippen molar-refractivity contribution in [3.05, 3.63) is 53.3 Å². The van der Waals surface area contributed by atoms with E-state index in [1.54, 1.807) is 24.3 Å². The van der Waals surface area contributed by atoms with Crippen LogP contribution in [0.15, 0.2) is 36.4 Å². The number of carbonyl (C=O) groups is 3. The molecule has 0 aliphatic carbocycles. The Balaban J connectivity index is 1.89. The minimum Gasteiger partial charge on any atom is -0.488 e. The van der Waals surface area contributed by atoms with Crippen LogP contribution in [0.1, 0.15) is 36.4 Å². The molecule has 2 N–H and O–H groups in total. The van der Waals surface area contributed by atoms with Crippen LogP contribution in [0.2, 0.25) is 19.6 Å². The van der Waals surface area contributed by atoms with Crippen LogP contribution >= 0.6 is 0 Å². The fourth-order valence-corrected chi connectivity index (χ4v) is 5.72. The number of halogens is 3. The first kappa shape index (κ1) is 28.2. The van der Waals surface area contributed by atoms with Gasteiger partial charge in [-0.05, 0) is 53.4 Å². The fourth-order valence-electron chi connectivity index (χ4n) is 4.35. The number of amides is 2. The maximum absolute atomic E-state index is 14.8. The molecule has 1 aliphatic heterocycles.